The molecular weight excluding hydrogens is 545 g/mol. The minimum Gasteiger partial charge on any atom is -0.497 e. The number of hydrogen-bond donors (Lipinski definition) is 2. The second-order valence-corrected chi connectivity index (χ2v) is 11.3. The quantitative estimate of drug-likeness (QED) is 0.252. The molecule has 0 spiro atoms. The highest BCUT2D eigenvalue weighted by Gasteiger charge is 2.35. The number of carbonyl (C=O) groups excluding carboxylic acids is 2. The number of rotatable bonds is 7. The van der Waals surface area contributed by atoms with Crippen LogP contribution >= 0.6 is 0 Å². The van der Waals surface area contributed by atoms with Gasteiger partial charge in [0.1, 0.15) is 11.5 Å². The Balaban J connectivity index is 1.33. The van der Waals surface area contributed by atoms with E-state index in [9.17, 15) is 19.6 Å². The summed E-state index contributed by atoms with van der Waals surface area (Å²) in [7, 11) is 1.54. The Morgan fingerprint density at radius 1 is 0.791 bits per heavy atom. The molecule has 9 nitrogen and oxygen atoms in total. The summed E-state index contributed by atoms with van der Waals surface area (Å²) < 4.78 is 11.4. The van der Waals surface area contributed by atoms with Gasteiger partial charge < -0.3 is 29.3 Å². The fraction of sp³-hybridized carbons (Fsp3) is 0.273. The Hall–Kier alpha value is -4.54. The fourth-order valence-corrected chi connectivity index (χ4v) is 6.79. The van der Waals surface area contributed by atoms with Gasteiger partial charge in [-0.2, -0.15) is 0 Å². The predicted octanol–water partition coefficient (Wildman–Crippen LogP) is 3.90. The largest absolute Gasteiger partial charge is 0.497 e. The maximum Gasteiger partial charge on any atom is 0.492 e. The number of anilines is 2. The van der Waals surface area contributed by atoms with E-state index in [1.54, 1.807) is 13.2 Å². The van der Waals surface area contributed by atoms with Crippen LogP contribution in [0.5, 0.6) is 11.5 Å². The van der Waals surface area contributed by atoms with Crippen molar-refractivity contribution >= 4 is 46.5 Å². The zero-order chi connectivity index (χ0) is 30.0. The summed E-state index contributed by atoms with van der Waals surface area (Å²) in [4.78, 5) is 32.7. The molecule has 0 atom stereocenters. The van der Waals surface area contributed by atoms with Gasteiger partial charge in [-0.15, -0.1) is 0 Å². The minimum atomic E-state index is -1.63. The molecule has 0 aliphatic carbocycles. The van der Waals surface area contributed by atoms with Crippen LogP contribution < -0.4 is 24.7 Å². The highest BCUT2D eigenvalue weighted by atomic mass is 16.5. The molecule has 2 amide bonds. The molecule has 7 rings (SSSR count). The molecule has 10 heteroatoms. The lowest BCUT2D eigenvalue weighted by Crippen LogP contribution is -2.47. The third kappa shape index (κ3) is 4.16. The number of carbonyl (C=O) groups is 2. The summed E-state index contributed by atoms with van der Waals surface area (Å²) >= 11 is 0. The molecule has 0 aromatic heterocycles. The van der Waals surface area contributed by atoms with Crippen LogP contribution in [0.4, 0.5) is 11.4 Å². The lowest BCUT2D eigenvalue weighted by molar-refractivity contribution is 0.0608. The van der Waals surface area contributed by atoms with E-state index in [2.05, 4.69) is 21.9 Å². The number of ether oxygens (including phenoxy) is 2. The number of methoxy groups -OCH3 is 2. The van der Waals surface area contributed by atoms with E-state index in [-0.39, 0.29) is 11.8 Å². The Kier molecular flexibility index (Phi) is 6.56. The van der Waals surface area contributed by atoms with E-state index >= 15 is 0 Å². The molecule has 43 heavy (non-hydrogen) atoms. The number of benzene rings is 4. The molecule has 3 heterocycles. The molecule has 0 saturated carbocycles. The number of nitrogens with zero attached hydrogens (tertiary/aromatic N) is 3. The SMILES string of the molecule is CCCCN1C(=O)c2cccc3c(-c4cc5c(cc4OC)N4Cc6cc(B(O)O)c(OC)cc6N(C5)C4)ccc(c23)C1=O. The smallest absolute Gasteiger partial charge is 0.492 e. The second-order valence-electron chi connectivity index (χ2n) is 11.3. The molecule has 4 aromatic carbocycles. The number of fused-ring (bicyclic) bond motifs is 6. The van der Waals surface area contributed by atoms with E-state index in [1.807, 2.05) is 43.3 Å². The van der Waals surface area contributed by atoms with E-state index in [0.717, 1.165) is 51.9 Å². The topological polar surface area (TPSA) is 103 Å². The van der Waals surface area contributed by atoms with Crippen LogP contribution in [0.2, 0.25) is 0 Å². The zero-order valence-corrected chi connectivity index (χ0v) is 24.4. The first-order valence-electron chi connectivity index (χ1n) is 14.5. The first kappa shape index (κ1) is 27.3. The molecule has 4 aromatic rings. The molecule has 0 unspecified atom stereocenters. The molecule has 3 aliphatic rings. The monoisotopic (exact) mass is 577 g/mol. The molecule has 2 bridgehead atoms. The fourth-order valence-electron chi connectivity index (χ4n) is 6.79. The Morgan fingerprint density at radius 2 is 1.42 bits per heavy atom. The van der Waals surface area contributed by atoms with Crippen LogP contribution in [0.3, 0.4) is 0 Å². The van der Waals surface area contributed by atoms with Crippen molar-refractivity contribution in [2.45, 2.75) is 32.9 Å². The summed E-state index contributed by atoms with van der Waals surface area (Å²) in [6, 6.07) is 17.3. The zero-order valence-electron chi connectivity index (χ0n) is 24.4. The van der Waals surface area contributed by atoms with E-state index in [1.165, 1.54) is 12.0 Å². The van der Waals surface area contributed by atoms with E-state index in [4.69, 9.17) is 9.47 Å². The van der Waals surface area contributed by atoms with Gasteiger partial charge in [-0.05, 0) is 46.7 Å². The van der Waals surface area contributed by atoms with Crippen LogP contribution in [0.15, 0.2) is 54.6 Å². The number of amides is 2. The van der Waals surface area contributed by atoms with Gasteiger partial charge in [0.25, 0.3) is 11.8 Å². The average Bonchev–Trinajstić information content (AvgIpc) is 3.02. The van der Waals surface area contributed by atoms with Crippen molar-refractivity contribution < 1.29 is 29.1 Å². The Bertz CT molecular complexity index is 1800. The van der Waals surface area contributed by atoms with Crippen molar-refractivity contribution in [2.75, 3.05) is 37.2 Å². The van der Waals surface area contributed by atoms with Gasteiger partial charge in [0.05, 0.1) is 20.9 Å². The highest BCUT2D eigenvalue weighted by Crippen LogP contribution is 2.46. The number of imide groups is 1. The predicted molar refractivity (Wildman–Crippen MR) is 166 cm³/mol. The lowest BCUT2D eigenvalue weighted by Gasteiger charge is -2.45. The van der Waals surface area contributed by atoms with Gasteiger partial charge in [-0.1, -0.05) is 37.6 Å². The average molecular weight is 577 g/mol. The number of hydrogen-bond acceptors (Lipinski definition) is 8. The summed E-state index contributed by atoms with van der Waals surface area (Å²) in [5, 5.41) is 21.3. The van der Waals surface area contributed by atoms with Crippen molar-refractivity contribution in [3.05, 3.63) is 76.9 Å². The first-order valence-corrected chi connectivity index (χ1v) is 14.5. The Labute approximate surface area is 250 Å². The van der Waals surface area contributed by atoms with Gasteiger partial charge >= 0.3 is 7.12 Å². The third-order valence-corrected chi connectivity index (χ3v) is 8.87. The van der Waals surface area contributed by atoms with Crippen LogP contribution in [-0.4, -0.2) is 61.3 Å². The summed E-state index contributed by atoms with van der Waals surface area (Å²) in [5.41, 5.74) is 7.34. The van der Waals surface area contributed by atoms with E-state index < -0.39 is 7.12 Å². The van der Waals surface area contributed by atoms with Crippen LogP contribution in [-0.2, 0) is 13.1 Å². The third-order valence-electron chi connectivity index (χ3n) is 8.87. The van der Waals surface area contributed by atoms with Gasteiger partial charge in [0.15, 0.2) is 0 Å². The van der Waals surface area contributed by atoms with Crippen molar-refractivity contribution in [3.8, 4) is 22.6 Å². The van der Waals surface area contributed by atoms with Crippen LogP contribution in [0.1, 0.15) is 51.6 Å². The standard InChI is InChI=1S/C33H32BN3O6/c1-4-5-11-37-32(38)23-8-6-7-22-21(9-10-24(31(22)23)33(37)39)25-12-19-16-35-18-36(27(19)14-29(25)42-2)17-20-13-26(34(40)41)30(43-3)15-28(20)35/h6-10,12-15,40-41H,4-5,11,16-18H2,1-3H3. The van der Waals surface area contributed by atoms with Crippen LogP contribution in [0, 0.1) is 0 Å². The molecule has 2 N–H and O–H groups in total. The second kappa shape index (κ2) is 10.3. The van der Waals surface area contributed by atoms with Crippen molar-refractivity contribution in [1.29, 1.82) is 0 Å². The Morgan fingerprint density at radius 3 is 2.07 bits per heavy atom. The van der Waals surface area contributed by atoms with Gasteiger partial charge in [0, 0.05) is 70.7 Å². The lowest BCUT2D eigenvalue weighted by atomic mass is 9.78. The van der Waals surface area contributed by atoms with Crippen molar-refractivity contribution in [3.63, 3.8) is 0 Å². The minimum absolute atomic E-state index is 0.245. The molecular formula is C33H32BN3O6. The molecule has 3 aliphatic heterocycles. The molecule has 0 saturated heterocycles. The summed E-state index contributed by atoms with van der Waals surface area (Å²) in [6.45, 7) is 4.34. The van der Waals surface area contributed by atoms with Gasteiger partial charge in [-0.25, -0.2) is 0 Å². The molecule has 0 fully saturated rings. The van der Waals surface area contributed by atoms with Gasteiger partial charge in [0.2, 0.25) is 0 Å². The molecule has 0 radical (unpaired) electrons. The summed E-state index contributed by atoms with van der Waals surface area (Å²) in [5.74, 6) is 0.638. The maximum atomic E-state index is 13.4. The first-order chi connectivity index (χ1) is 20.8. The van der Waals surface area contributed by atoms with Crippen molar-refractivity contribution in [1.82, 2.24) is 4.90 Å². The van der Waals surface area contributed by atoms with Crippen molar-refractivity contribution in [2.24, 2.45) is 0 Å². The maximum absolute atomic E-state index is 13.4. The van der Waals surface area contributed by atoms with Crippen LogP contribution in [0.25, 0.3) is 21.9 Å². The van der Waals surface area contributed by atoms with E-state index in [0.29, 0.717) is 59.8 Å². The summed E-state index contributed by atoms with van der Waals surface area (Å²) in [6.07, 6.45) is 1.66. The van der Waals surface area contributed by atoms with Gasteiger partial charge in [-0.3, -0.25) is 14.5 Å². The highest BCUT2D eigenvalue weighted by molar-refractivity contribution is 6.59. The number of unbranched alkanes of at least 4 members (excludes halogenated alkanes) is 1. The molecule has 218 valence electrons. The normalized spacial score (nSPS) is 15.0.